The fraction of sp³-hybridized carbons (Fsp3) is 0.355. The molecule has 0 spiro atoms. The highest BCUT2D eigenvalue weighted by molar-refractivity contribution is 7.92. The quantitative estimate of drug-likeness (QED) is 0.241. The fourth-order valence-electron chi connectivity index (χ4n) is 5.47. The zero-order chi connectivity index (χ0) is 28.8. The van der Waals surface area contributed by atoms with Gasteiger partial charge in [0.25, 0.3) is 10.0 Å². The van der Waals surface area contributed by atoms with Crippen molar-refractivity contribution in [2.24, 2.45) is 5.92 Å². The van der Waals surface area contributed by atoms with Gasteiger partial charge in [0, 0.05) is 24.2 Å². The van der Waals surface area contributed by atoms with E-state index in [1.165, 1.54) is 18.3 Å². The summed E-state index contributed by atoms with van der Waals surface area (Å²) >= 11 is 0. The van der Waals surface area contributed by atoms with E-state index in [-0.39, 0.29) is 28.5 Å². The smallest absolute Gasteiger partial charge is 0.317 e. The number of pyridine rings is 1. The number of sulfonamides is 1. The van der Waals surface area contributed by atoms with Crippen LogP contribution in [0, 0.1) is 17.2 Å². The first-order chi connectivity index (χ1) is 19.2. The average Bonchev–Trinajstić information content (AvgIpc) is 2.94. The van der Waals surface area contributed by atoms with Crippen LogP contribution in [0.5, 0.6) is 0 Å². The lowest BCUT2D eigenvalue weighted by Crippen LogP contribution is -2.49. The van der Waals surface area contributed by atoms with Crippen LogP contribution in [-0.2, 0) is 30.8 Å². The number of carbonyl (C=O) groups is 2. The van der Waals surface area contributed by atoms with Gasteiger partial charge in [-0.1, -0.05) is 62.7 Å². The monoisotopic (exact) mass is 559 g/mol. The number of aromatic nitrogens is 1. The third-order valence-corrected chi connectivity index (χ3v) is 8.66. The van der Waals surface area contributed by atoms with Crippen molar-refractivity contribution in [2.45, 2.75) is 68.9 Å². The average molecular weight is 560 g/mol. The Balaban J connectivity index is 1.54. The van der Waals surface area contributed by atoms with Crippen LogP contribution in [0.3, 0.4) is 0 Å². The van der Waals surface area contributed by atoms with Crippen molar-refractivity contribution in [2.75, 3.05) is 4.72 Å². The number of cyclic esters (lactones) is 1. The number of esters is 1. The van der Waals surface area contributed by atoms with Gasteiger partial charge in [0.05, 0.1) is 11.6 Å². The summed E-state index contributed by atoms with van der Waals surface area (Å²) in [5.74, 6) is -2.10. The molecule has 1 aliphatic rings. The van der Waals surface area contributed by atoms with Crippen molar-refractivity contribution < 1.29 is 22.7 Å². The van der Waals surface area contributed by atoms with Gasteiger partial charge >= 0.3 is 5.97 Å². The van der Waals surface area contributed by atoms with Crippen LogP contribution >= 0.6 is 0 Å². The van der Waals surface area contributed by atoms with Crippen LogP contribution in [-0.4, -0.2) is 30.8 Å². The van der Waals surface area contributed by atoms with E-state index in [1.807, 2.05) is 50.2 Å². The van der Waals surface area contributed by atoms with Gasteiger partial charge in [-0.05, 0) is 61.1 Å². The molecule has 0 saturated carbocycles. The van der Waals surface area contributed by atoms with Gasteiger partial charge in [-0.25, -0.2) is 4.98 Å². The van der Waals surface area contributed by atoms with Gasteiger partial charge in [0.2, 0.25) is 0 Å². The van der Waals surface area contributed by atoms with E-state index < -0.39 is 33.4 Å². The topological polar surface area (TPSA) is 126 Å². The van der Waals surface area contributed by atoms with E-state index in [0.29, 0.717) is 31.2 Å². The standard InChI is InChI=1S/C31H33N3O5S/c1-3-15-31(16-13-22-9-6-5-7-10-22)20-27(35)29(30(36)39-31)26(4-2)24-11-8-12-25(19-24)34-40(37,38)28-18-23(21-32)14-17-33-28/h5-12,14,17-19,26,29,34H,3-4,13,15-16,20H2,1-2H3. The molecule has 2 aromatic carbocycles. The van der Waals surface area contributed by atoms with Crippen LogP contribution in [0.2, 0.25) is 0 Å². The summed E-state index contributed by atoms with van der Waals surface area (Å²) in [6.45, 7) is 3.91. The minimum absolute atomic E-state index is 0.145. The normalized spacial score (nSPS) is 19.9. The largest absolute Gasteiger partial charge is 0.458 e. The number of aryl methyl sites for hydroxylation is 1. The first kappa shape index (κ1) is 29.0. The number of ketones is 1. The van der Waals surface area contributed by atoms with Crippen molar-refractivity contribution in [3.63, 3.8) is 0 Å². The van der Waals surface area contributed by atoms with E-state index in [9.17, 15) is 18.0 Å². The Morgan fingerprint density at radius 3 is 2.52 bits per heavy atom. The predicted molar refractivity (Wildman–Crippen MR) is 151 cm³/mol. The molecule has 1 fully saturated rings. The summed E-state index contributed by atoms with van der Waals surface area (Å²) in [4.78, 5) is 30.9. The van der Waals surface area contributed by atoms with Crippen LogP contribution in [0.25, 0.3) is 0 Å². The van der Waals surface area contributed by atoms with Gasteiger partial charge in [-0.3, -0.25) is 14.3 Å². The molecule has 0 radical (unpaired) electrons. The van der Waals surface area contributed by atoms with Crippen molar-refractivity contribution in [1.82, 2.24) is 4.98 Å². The molecular formula is C31H33N3O5S. The number of nitrogens with zero attached hydrogens (tertiary/aromatic N) is 2. The van der Waals surface area contributed by atoms with Crippen molar-refractivity contribution >= 4 is 27.5 Å². The van der Waals surface area contributed by atoms with E-state index >= 15 is 0 Å². The number of anilines is 1. The predicted octanol–water partition coefficient (Wildman–Crippen LogP) is 5.55. The molecule has 3 unspecified atom stereocenters. The number of hydrogen-bond donors (Lipinski definition) is 1. The number of hydrogen-bond acceptors (Lipinski definition) is 7. The van der Waals surface area contributed by atoms with E-state index in [0.717, 1.165) is 12.0 Å². The molecule has 9 heteroatoms. The molecule has 3 aromatic rings. The summed E-state index contributed by atoms with van der Waals surface area (Å²) in [7, 11) is -4.06. The van der Waals surface area contributed by atoms with Crippen molar-refractivity contribution in [3.05, 3.63) is 89.6 Å². The SMILES string of the molecule is CCCC1(CCc2ccccc2)CC(=O)C(C(CC)c2cccc(NS(=O)(=O)c3cc(C#N)ccn3)c2)C(=O)O1. The summed E-state index contributed by atoms with van der Waals surface area (Å²) in [6.07, 6.45) is 4.58. The second kappa shape index (κ2) is 12.4. The molecule has 1 N–H and O–H groups in total. The Labute approximate surface area is 235 Å². The van der Waals surface area contributed by atoms with Crippen molar-refractivity contribution in [3.8, 4) is 6.07 Å². The highest BCUT2D eigenvalue weighted by Crippen LogP contribution is 2.41. The zero-order valence-corrected chi connectivity index (χ0v) is 23.5. The first-order valence-corrected chi connectivity index (χ1v) is 15.0. The number of benzene rings is 2. The Kier molecular flexibility index (Phi) is 9.00. The summed E-state index contributed by atoms with van der Waals surface area (Å²) in [5.41, 5.74) is 1.40. The second-order valence-electron chi connectivity index (χ2n) is 10.2. The minimum Gasteiger partial charge on any atom is -0.458 e. The molecule has 2 heterocycles. The number of ether oxygens (including phenoxy) is 1. The third-order valence-electron chi connectivity index (χ3n) is 7.38. The van der Waals surface area contributed by atoms with E-state index in [4.69, 9.17) is 10.00 Å². The molecule has 3 atom stereocenters. The van der Waals surface area contributed by atoms with Gasteiger partial charge < -0.3 is 4.74 Å². The Bertz CT molecular complexity index is 1500. The Morgan fingerprint density at radius 2 is 1.85 bits per heavy atom. The number of nitrogens with one attached hydrogen (secondary N) is 1. The molecule has 4 rings (SSSR count). The summed E-state index contributed by atoms with van der Waals surface area (Å²) in [5, 5.41) is 8.82. The minimum atomic E-state index is -4.06. The molecule has 1 saturated heterocycles. The van der Waals surface area contributed by atoms with E-state index in [2.05, 4.69) is 9.71 Å². The maximum absolute atomic E-state index is 13.6. The number of carbonyl (C=O) groups excluding carboxylic acids is 2. The van der Waals surface area contributed by atoms with Gasteiger partial charge in [-0.15, -0.1) is 0 Å². The number of Topliss-reactive ketones (excluding diaryl/α,β-unsaturated/α-hetero) is 1. The van der Waals surface area contributed by atoms with Gasteiger partial charge in [0.15, 0.2) is 10.8 Å². The first-order valence-electron chi connectivity index (χ1n) is 13.5. The van der Waals surface area contributed by atoms with Crippen LogP contribution in [0.1, 0.15) is 68.6 Å². The zero-order valence-electron chi connectivity index (χ0n) is 22.7. The summed E-state index contributed by atoms with van der Waals surface area (Å²) in [6, 6.07) is 21.1. The molecule has 40 heavy (non-hydrogen) atoms. The molecule has 1 aromatic heterocycles. The van der Waals surface area contributed by atoms with Crippen LogP contribution in [0.4, 0.5) is 5.69 Å². The Hall–Kier alpha value is -4.03. The summed E-state index contributed by atoms with van der Waals surface area (Å²) < 4.78 is 34.4. The lowest BCUT2D eigenvalue weighted by molar-refractivity contribution is -0.180. The van der Waals surface area contributed by atoms with Crippen LogP contribution in [0.15, 0.2) is 78.0 Å². The highest BCUT2D eigenvalue weighted by atomic mass is 32.2. The molecule has 0 amide bonds. The maximum Gasteiger partial charge on any atom is 0.317 e. The molecule has 8 nitrogen and oxygen atoms in total. The molecule has 1 aliphatic heterocycles. The highest BCUT2D eigenvalue weighted by Gasteiger charge is 2.48. The third kappa shape index (κ3) is 6.57. The molecular weight excluding hydrogens is 526 g/mol. The molecule has 0 aliphatic carbocycles. The van der Waals surface area contributed by atoms with Crippen LogP contribution < -0.4 is 4.72 Å². The lowest BCUT2D eigenvalue weighted by atomic mass is 9.74. The number of nitriles is 1. The Morgan fingerprint density at radius 1 is 1.07 bits per heavy atom. The van der Waals surface area contributed by atoms with Crippen molar-refractivity contribution in [1.29, 1.82) is 5.26 Å². The molecule has 208 valence electrons. The molecule has 0 bridgehead atoms. The van der Waals surface area contributed by atoms with E-state index in [1.54, 1.807) is 24.3 Å². The maximum atomic E-state index is 13.6. The van der Waals surface area contributed by atoms with Gasteiger partial charge in [-0.2, -0.15) is 13.7 Å². The van der Waals surface area contributed by atoms with Gasteiger partial charge in [0.1, 0.15) is 11.5 Å². The second-order valence-corrected chi connectivity index (χ2v) is 11.8. The lowest BCUT2D eigenvalue weighted by Gasteiger charge is -2.40. The fourth-order valence-corrected chi connectivity index (χ4v) is 6.49. The number of rotatable bonds is 11.